The van der Waals surface area contributed by atoms with Crippen LogP contribution >= 0.6 is 0 Å². The number of unbranched alkanes of at least 4 members (excludes halogenated alkanes) is 4. The number of nitrogens with two attached hydrogens (primary N) is 1. The van der Waals surface area contributed by atoms with E-state index in [0.29, 0.717) is 23.2 Å². The highest BCUT2D eigenvalue weighted by Crippen LogP contribution is 2.27. The molecule has 3 aromatic carbocycles. The molecule has 9 heteroatoms. The molecule has 0 saturated heterocycles. The molecule has 4 amide bonds. The van der Waals surface area contributed by atoms with Crippen LogP contribution in [0.3, 0.4) is 0 Å². The number of nitrogens with one attached hydrogen (secondary N) is 2. The molecule has 0 saturated carbocycles. The van der Waals surface area contributed by atoms with Crippen molar-refractivity contribution in [3.8, 4) is 12.3 Å². The number of hydrogen-bond acceptors (Lipinski definition) is 5. The third-order valence-corrected chi connectivity index (χ3v) is 7.42. The zero-order valence-corrected chi connectivity index (χ0v) is 27.3. The summed E-state index contributed by atoms with van der Waals surface area (Å²) in [4.78, 5) is 54.8. The van der Waals surface area contributed by atoms with Crippen molar-refractivity contribution in [2.45, 2.75) is 90.3 Å². The zero-order chi connectivity index (χ0) is 33.7. The first-order valence-electron chi connectivity index (χ1n) is 15.9. The van der Waals surface area contributed by atoms with Crippen molar-refractivity contribution in [1.29, 1.82) is 0 Å². The second-order valence-corrected chi connectivity index (χ2v) is 12.4. The third kappa shape index (κ3) is 11.0. The van der Waals surface area contributed by atoms with Crippen LogP contribution < -0.4 is 16.4 Å². The number of carbonyl (C=O) groups is 4. The lowest BCUT2D eigenvalue weighted by Crippen LogP contribution is -2.52. The number of amides is 4. The molecule has 0 aromatic heterocycles. The Morgan fingerprint density at radius 3 is 2.24 bits per heavy atom. The van der Waals surface area contributed by atoms with Gasteiger partial charge in [0.05, 0.1) is 0 Å². The van der Waals surface area contributed by atoms with Crippen LogP contribution in [0.1, 0.15) is 89.8 Å². The van der Waals surface area contributed by atoms with Crippen LogP contribution in [-0.4, -0.2) is 46.9 Å². The fourth-order valence-corrected chi connectivity index (χ4v) is 5.16. The summed E-state index contributed by atoms with van der Waals surface area (Å²) in [6.07, 6.45) is 9.13. The minimum absolute atomic E-state index is 0.0607. The standard InChI is InChI=1S/C37H46N4O5/c1-6-8-9-10-13-24-41(35(44)31(22-23-32(38)42)40-36(45)46-37(3,4)5)33(28-18-16-26(7-2)17-19-28)34(43)39-30-21-20-27-14-11-12-15-29(27)25-30/h2,11-12,14-21,25,31,33H,6,8-10,13,22-24H2,1,3-5H3,(H2,38,42)(H,39,43)(H,40,45). The van der Waals surface area contributed by atoms with Gasteiger partial charge in [-0.3, -0.25) is 14.4 Å². The summed E-state index contributed by atoms with van der Waals surface area (Å²) in [5.74, 6) is 1.01. The van der Waals surface area contributed by atoms with Gasteiger partial charge in [0.2, 0.25) is 11.8 Å². The third-order valence-electron chi connectivity index (χ3n) is 7.42. The Kier molecular flexibility index (Phi) is 13.2. The normalized spacial score (nSPS) is 12.4. The Morgan fingerprint density at radius 1 is 0.935 bits per heavy atom. The molecule has 244 valence electrons. The van der Waals surface area contributed by atoms with Crippen LogP contribution in [0.4, 0.5) is 10.5 Å². The summed E-state index contributed by atoms with van der Waals surface area (Å²) < 4.78 is 5.43. The first-order valence-corrected chi connectivity index (χ1v) is 15.9. The fraction of sp³-hybridized carbons (Fsp3) is 0.405. The molecule has 46 heavy (non-hydrogen) atoms. The van der Waals surface area contributed by atoms with Gasteiger partial charge in [0, 0.05) is 24.2 Å². The number of nitrogens with zero attached hydrogens (tertiary/aromatic N) is 1. The molecule has 0 fully saturated rings. The predicted molar refractivity (Wildman–Crippen MR) is 182 cm³/mol. The number of anilines is 1. The number of hydrogen-bond donors (Lipinski definition) is 3. The van der Waals surface area contributed by atoms with Crippen LogP contribution in [0.5, 0.6) is 0 Å². The van der Waals surface area contributed by atoms with Crippen LogP contribution in [0.25, 0.3) is 10.8 Å². The van der Waals surface area contributed by atoms with Gasteiger partial charge in [0.1, 0.15) is 17.7 Å². The molecule has 2 atom stereocenters. The molecule has 9 nitrogen and oxygen atoms in total. The van der Waals surface area contributed by atoms with E-state index in [0.717, 1.165) is 36.5 Å². The number of primary amides is 1. The quantitative estimate of drug-likeness (QED) is 0.132. The first kappa shape index (κ1) is 35.6. The van der Waals surface area contributed by atoms with E-state index in [-0.39, 0.29) is 19.4 Å². The predicted octanol–water partition coefficient (Wildman–Crippen LogP) is 6.46. The van der Waals surface area contributed by atoms with Gasteiger partial charge in [0.15, 0.2) is 0 Å². The highest BCUT2D eigenvalue weighted by Gasteiger charge is 2.36. The number of terminal acetylenes is 1. The summed E-state index contributed by atoms with van der Waals surface area (Å²) in [7, 11) is 0. The number of rotatable bonds is 15. The van der Waals surface area contributed by atoms with Crippen molar-refractivity contribution in [1.82, 2.24) is 10.2 Å². The lowest BCUT2D eigenvalue weighted by molar-refractivity contribution is -0.141. The van der Waals surface area contributed by atoms with Gasteiger partial charge in [-0.1, -0.05) is 81.0 Å². The Hall–Kier alpha value is -4.84. The minimum Gasteiger partial charge on any atom is -0.444 e. The smallest absolute Gasteiger partial charge is 0.408 e. The molecule has 0 aliphatic heterocycles. The summed E-state index contributed by atoms with van der Waals surface area (Å²) in [5, 5.41) is 7.62. The Morgan fingerprint density at radius 2 is 1.61 bits per heavy atom. The van der Waals surface area contributed by atoms with Crippen molar-refractivity contribution in [2.75, 3.05) is 11.9 Å². The van der Waals surface area contributed by atoms with E-state index in [1.165, 1.54) is 4.90 Å². The fourth-order valence-electron chi connectivity index (χ4n) is 5.16. The van der Waals surface area contributed by atoms with Gasteiger partial charge in [-0.15, -0.1) is 6.42 Å². The minimum atomic E-state index is -1.17. The van der Waals surface area contributed by atoms with Gasteiger partial charge >= 0.3 is 6.09 Å². The number of carbonyl (C=O) groups excluding carboxylic acids is 4. The van der Waals surface area contributed by atoms with E-state index in [1.807, 2.05) is 42.5 Å². The summed E-state index contributed by atoms with van der Waals surface area (Å²) in [6, 6.07) is 18.1. The number of benzene rings is 3. The van der Waals surface area contributed by atoms with E-state index >= 15 is 0 Å². The molecule has 2 unspecified atom stereocenters. The second kappa shape index (κ2) is 17.0. The first-order chi connectivity index (χ1) is 21.9. The van der Waals surface area contributed by atoms with E-state index in [9.17, 15) is 19.2 Å². The van der Waals surface area contributed by atoms with Gasteiger partial charge in [-0.25, -0.2) is 4.79 Å². The topological polar surface area (TPSA) is 131 Å². The molecular weight excluding hydrogens is 580 g/mol. The molecule has 3 aromatic rings. The molecule has 0 aliphatic rings. The average molecular weight is 627 g/mol. The summed E-state index contributed by atoms with van der Waals surface area (Å²) in [6.45, 7) is 7.49. The SMILES string of the molecule is C#Cc1ccc(C(C(=O)Nc2ccc3ccccc3c2)N(CCCCCCC)C(=O)C(CCC(N)=O)NC(=O)OC(C)(C)C)cc1. The highest BCUT2D eigenvalue weighted by atomic mass is 16.6. The van der Waals surface area contributed by atoms with Gasteiger partial charge in [0.25, 0.3) is 5.91 Å². The molecule has 0 heterocycles. The van der Waals surface area contributed by atoms with Crippen molar-refractivity contribution in [2.24, 2.45) is 5.73 Å². The molecule has 0 aliphatic carbocycles. The molecule has 0 bridgehead atoms. The molecule has 0 radical (unpaired) electrons. The number of fused-ring (bicyclic) bond motifs is 1. The van der Waals surface area contributed by atoms with Crippen molar-refractivity contribution < 1.29 is 23.9 Å². The molecule has 3 rings (SSSR count). The van der Waals surface area contributed by atoms with Crippen LogP contribution in [0.2, 0.25) is 0 Å². The largest absolute Gasteiger partial charge is 0.444 e. The monoisotopic (exact) mass is 626 g/mol. The van der Waals surface area contributed by atoms with Gasteiger partial charge in [-0.2, -0.15) is 0 Å². The maximum Gasteiger partial charge on any atom is 0.408 e. The van der Waals surface area contributed by atoms with Crippen molar-refractivity contribution >= 4 is 40.3 Å². The summed E-state index contributed by atoms with van der Waals surface area (Å²) in [5.41, 5.74) is 6.36. The van der Waals surface area contributed by atoms with E-state index in [1.54, 1.807) is 45.0 Å². The lowest BCUT2D eigenvalue weighted by Gasteiger charge is -2.34. The molecular formula is C37H46N4O5. The maximum absolute atomic E-state index is 14.4. The Labute approximate surface area is 272 Å². The van der Waals surface area contributed by atoms with Crippen molar-refractivity contribution in [3.63, 3.8) is 0 Å². The van der Waals surface area contributed by atoms with Gasteiger partial charge in [-0.05, 0) is 74.2 Å². The summed E-state index contributed by atoms with van der Waals surface area (Å²) >= 11 is 0. The van der Waals surface area contributed by atoms with Crippen molar-refractivity contribution in [3.05, 3.63) is 77.9 Å². The lowest BCUT2D eigenvalue weighted by atomic mass is 9.99. The number of ether oxygens (including phenoxy) is 1. The van der Waals surface area contributed by atoms with E-state index in [4.69, 9.17) is 16.9 Å². The van der Waals surface area contributed by atoms with Crippen LogP contribution in [0.15, 0.2) is 66.7 Å². The maximum atomic E-state index is 14.4. The zero-order valence-electron chi connectivity index (χ0n) is 27.3. The van der Waals surface area contributed by atoms with E-state index < -0.39 is 41.5 Å². The Balaban J connectivity index is 2.05. The second-order valence-electron chi connectivity index (χ2n) is 12.4. The number of alkyl carbamates (subject to hydrolysis) is 1. The highest BCUT2D eigenvalue weighted by molar-refractivity contribution is 6.00. The molecule has 4 N–H and O–H groups in total. The Bertz CT molecular complexity index is 1540. The van der Waals surface area contributed by atoms with Crippen LogP contribution in [-0.2, 0) is 19.1 Å². The van der Waals surface area contributed by atoms with Gasteiger partial charge < -0.3 is 26.0 Å². The molecule has 0 spiro atoms. The van der Waals surface area contributed by atoms with Crippen LogP contribution in [0, 0.1) is 12.3 Å². The average Bonchev–Trinajstić information content (AvgIpc) is 3.01. The van der Waals surface area contributed by atoms with E-state index in [2.05, 4.69) is 23.5 Å².